The van der Waals surface area contributed by atoms with Crippen LogP contribution in [0, 0.1) is 18.3 Å². The van der Waals surface area contributed by atoms with E-state index < -0.39 is 0 Å². The van der Waals surface area contributed by atoms with Crippen LogP contribution in [0.4, 0.5) is 5.69 Å². The van der Waals surface area contributed by atoms with Crippen molar-refractivity contribution in [2.75, 3.05) is 5.32 Å². The van der Waals surface area contributed by atoms with Gasteiger partial charge in [-0.2, -0.15) is 5.26 Å². The smallest absolute Gasteiger partial charge is 0.0992 e. The molecular formula is C15H12BrClN2. The Morgan fingerprint density at radius 3 is 2.79 bits per heavy atom. The first-order chi connectivity index (χ1) is 9.11. The minimum absolute atomic E-state index is 0.576. The molecule has 2 aromatic rings. The average molecular weight is 336 g/mol. The highest BCUT2D eigenvalue weighted by Crippen LogP contribution is 2.25. The summed E-state index contributed by atoms with van der Waals surface area (Å²) in [5.74, 6) is 0. The number of nitrogens with zero attached hydrogens (tertiary/aromatic N) is 1. The van der Waals surface area contributed by atoms with Crippen LogP contribution in [0.25, 0.3) is 0 Å². The van der Waals surface area contributed by atoms with Gasteiger partial charge in [0.25, 0.3) is 0 Å². The molecule has 0 saturated carbocycles. The molecule has 0 spiro atoms. The van der Waals surface area contributed by atoms with Gasteiger partial charge in [0.05, 0.1) is 11.6 Å². The van der Waals surface area contributed by atoms with E-state index >= 15 is 0 Å². The highest BCUT2D eigenvalue weighted by Gasteiger charge is 2.04. The Bertz CT molecular complexity index is 647. The summed E-state index contributed by atoms with van der Waals surface area (Å²) < 4.78 is 1.07. The van der Waals surface area contributed by atoms with Crippen molar-refractivity contribution < 1.29 is 0 Å². The largest absolute Gasteiger partial charge is 0.381 e. The van der Waals surface area contributed by atoms with Gasteiger partial charge < -0.3 is 5.32 Å². The van der Waals surface area contributed by atoms with E-state index in [2.05, 4.69) is 27.3 Å². The maximum Gasteiger partial charge on any atom is 0.0992 e. The lowest BCUT2D eigenvalue weighted by atomic mass is 10.1. The van der Waals surface area contributed by atoms with Crippen molar-refractivity contribution in [2.45, 2.75) is 13.5 Å². The number of hydrogen-bond acceptors (Lipinski definition) is 2. The van der Waals surface area contributed by atoms with E-state index in [1.54, 1.807) is 12.1 Å². The van der Waals surface area contributed by atoms with Crippen molar-refractivity contribution in [1.82, 2.24) is 0 Å². The van der Waals surface area contributed by atoms with Gasteiger partial charge in [-0.1, -0.05) is 39.7 Å². The van der Waals surface area contributed by atoms with Gasteiger partial charge in [-0.15, -0.1) is 0 Å². The number of halogens is 2. The van der Waals surface area contributed by atoms with Crippen LogP contribution in [0.3, 0.4) is 0 Å². The van der Waals surface area contributed by atoms with Crippen LogP contribution in [-0.4, -0.2) is 0 Å². The monoisotopic (exact) mass is 334 g/mol. The zero-order chi connectivity index (χ0) is 13.8. The van der Waals surface area contributed by atoms with Crippen molar-refractivity contribution in [3.05, 3.63) is 62.6 Å². The van der Waals surface area contributed by atoms with Crippen LogP contribution in [0.1, 0.15) is 16.7 Å². The first-order valence-corrected chi connectivity index (χ1v) is 6.96. The fraction of sp³-hybridized carbons (Fsp3) is 0.133. The quantitative estimate of drug-likeness (QED) is 0.866. The Balaban J connectivity index is 2.15. The SMILES string of the molecule is Cc1c(Br)cccc1NCc1ccc(C#N)cc1Cl. The first kappa shape index (κ1) is 13.9. The molecule has 0 bridgehead atoms. The molecule has 0 unspecified atom stereocenters. The zero-order valence-electron chi connectivity index (χ0n) is 10.4. The van der Waals surface area contributed by atoms with E-state index in [1.807, 2.05) is 31.2 Å². The normalized spacial score (nSPS) is 10.0. The Labute approximate surface area is 126 Å². The number of rotatable bonds is 3. The number of anilines is 1. The lowest BCUT2D eigenvalue weighted by molar-refractivity contribution is 1.14. The molecule has 0 aliphatic heterocycles. The number of benzene rings is 2. The highest BCUT2D eigenvalue weighted by atomic mass is 79.9. The average Bonchev–Trinajstić information content (AvgIpc) is 2.41. The maximum absolute atomic E-state index is 8.80. The van der Waals surface area contributed by atoms with Gasteiger partial charge in [0.15, 0.2) is 0 Å². The lowest BCUT2D eigenvalue weighted by Gasteiger charge is -2.11. The third-order valence-corrected chi connectivity index (χ3v) is 4.13. The van der Waals surface area contributed by atoms with E-state index in [-0.39, 0.29) is 0 Å². The van der Waals surface area contributed by atoms with E-state index in [0.29, 0.717) is 17.1 Å². The summed E-state index contributed by atoms with van der Waals surface area (Å²) in [7, 11) is 0. The molecule has 19 heavy (non-hydrogen) atoms. The van der Waals surface area contributed by atoms with Crippen molar-refractivity contribution in [1.29, 1.82) is 5.26 Å². The van der Waals surface area contributed by atoms with E-state index in [0.717, 1.165) is 21.3 Å². The van der Waals surface area contributed by atoms with Gasteiger partial charge in [-0.05, 0) is 42.3 Å². The molecule has 0 aromatic heterocycles. The molecule has 1 N–H and O–H groups in total. The Kier molecular flexibility index (Phi) is 4.47. The second-order valence-electron chi connectivity index (χ2n) is 4.18. The van der Waals surface area contributed by atoms with Crippen molar-refractivity contribution in [2.24, 2.45) is 0 Å². The topological polar surface area (TPSA) is 35.8 Å². The van der Waals surface area contributed by atoms with Gasteiger partial charge in [-0.25, -0.2) is 0 Å². The molecule has 0 aliphatic rings. The van der Waals surface area contributed by atoms with Gasteiger partial charge in [0.2, 0.25) is 0 Å². The molecule has 4 heteroatoms. The van der Waals surface area contributed by atoms with Crippen LogP contribution in [0.2, 0.25) is 5.02 Å². The summed E-state index contributed by atoms with van der Waals surface area (Å²) in [4.78, 5) is 0. The number of nitrogens with one attached hydrogen (secondary N) is 1. The van der Waals surface area contributed by atoms with Gasteiger partial charge in [0, 0.05) is 21.7 Å². The van der Waals surface area contributed by atoms with Crippen molar-refractivity contribution in [3.8, 4) is 6.07 Å². The second kappa shape index (κ2) is 6.10. The summed E-state index contributed by atoms with van der Waals surface area (Å²) in [5, 5.41) is 12.8. The predicted molar refractivity (Wildman–Crippen MR) is 82.4 cm³/mol. The van der Waals surface area contributed by atoms with E-state index in [1.165, 1.54) is 0 Å². The molecule has 0 radical (unpaired) electrons. The molecular weight excluding hydrogens is 324 g/mol. The van der Waals surface area contributed by atoms with Crippen LogP contribution >= 0.6 is 27.5 Å². The third-order valence-electron chi connectivity index (χ3n) is 2.92. The molecule has 2 aromatic carbocycles. The molecule has 0 aliphatic carbocycles. The number of nitriles is 1. The molecule has 0 saturated heterocycles. The first-order valence-electron chi connectivity index (χ1n) is 5.79. The molecule has 0 fully saturated rings. The third kappa shape index (κ3) is 3.28. The summed E-state index contributed by atoms with van der Waals surface area (Å²) >= 11 is 9.65. The molecule has 2 rings (SSSR count). The summed E-state index contributed by atoms with van der Waals surface area (Å²) in [5.41, 5.74) is 3.77. The van der Waals surface area contributed by atoms with Crippen molar-refractivity contribution in [3.63, 3.8) is 0 Å². The van der Waals surface area contributed by atoms with Crippen molar-refractivity contribution >= 4 is 33.2 Å². The summed E-state index contributed by atoms with van der Waals surface area (Å²) in [6.45, 7) is 2.68. The van der Waals surface area contributed by atoms with Gasteiger partial charge in [0.1, 0.15) is 0 Å². The highest BCUT2D eigenvalue weighted by molar-refractivity contribution is 9.10. The molecule has 2 nitrogen and oxygen atoms in total. The molecule has 0 atom stereocenters. The Morgan fingerprint density at radius 1 is 1.32 bits per heavy atom. The molecule has 96 valence electrons. The summed E-state index contributed by atoms with van der Waals surface area (Å²) in [6, 6.07) is 13.4. The lowest BCUT2D eigenvalue weighted by Crippen LogP contribution is -2.02. The van der Waals surface area contributed by atoms with Gasteiger partial charge in [-0.3, -0.25) is 0 Å². The van der Waals surface area contributed by atoms with Crippen LogP contribution in [-0.2, 0) is 6.54 Å². The van der Waals surface area contributed by atoms with Crippen LogP contribution < -0.4 is 5.32 Å². The fourth-order valence-electron chi connectivity index (χ4n) is 1.75. The number of hydrogen-bond donors (Lipinski definition) is 1. The Morgan fingerprint density at radius 2 is 2.11 bits per heavy atom. The predicted octanol–water partition coefficient (Wildman–Crippen LogP) is 4.89. The van der Waals surface area contributed by atoms with Gasteiger partial charge >= 0.3 is 0 Å². The van der Waals surface area contributed by atoms with E-state index in [9.17, 15) is 0 Å². The standard InChI is InChI=1S/C15H12BrClN2/c1-10-13(16)3-2-4-15(10)19-9-12-6-5-11(8-18)7-14(12)17/h2-7,19H,9H2,1H3. The minimum atomic E-state index is 0.576. The molecule has 0 heterocycles. The second-order valence-corrected chi connectivity index (χ2v) is 5.45. The van der Waals surface area contributed by atoms with Crippen LogP contribution in [0.15, 0.2) is 40.9 Å². The maximum atomic E-state index is 8.80. The van der Waals surface area contributed by atoms with E-state index in [4.69, 9.17) is 16.9 Å². The minimum Gasteiger partial charge on any atom is -0.381 e. The Hall–Kier alpha value is -1.50. The van der Waals surface area contributed by atoms with Crippen LogP contribution in [0.5, 0.6) is 0 Å². The molecule has 0 amide bonds. The zero-order valence-corrected chi connectivity index (χ0v) is 12.7. The fourth-order valence-corrected chi connectivity index (χ4v) is 2.36. The summed E-state index contributed by atoms with van der Waals surface area (Å²) in [6.07, 6.45) is 0.